The molecule has 3 aromatic carbocycles. The topological polar surface area (TPSA) is 277 Å². The molecule has 4 heterocycles. The van der Waals surface area contributed by atoms with Gasteiger partial charge in [-0.25, -0.2) is 4.98 Å². The number of nitrogens with one attached hydrogen (secondary N) is 4. The minimum atomic E-state index is -5.86. The molecule has 7 rings (SSSR count). The Balaban J connectivity index is 0.865. The molecule has 7 N–H and O–H groups in total. The van der Waals surface area contributed by atoms with Crippen molar-refractivity contribution in [3.05, 3.63) is 104 Å². The Morgan fingerprint density at radius 3 is 2.06 bits per heavy atom. The summed E-state index contributed by atoms with van der Waals surface area (Å²) in [4.78, 5) is 125. The van der Waals surface area contributed by atoms with Crippen molar-refractivity contribution in [1.29, 1.82) is 0 Å². The number of β-amino-alcohol motifs (C(OH)–C–C–N with tert-alkyl or cyclic N) is 1. The Hall–Kier alpha value is -6.05. The molecule has 2 aromatic heterocycles. The summed E-state index contributed by atoms with van der Waals surface area (Å²) in [6.07, 6.45) is 2.00. The molecule has 0 unspecified atom stereocenters. The van der Waals surface area contributed by atoms with E-state index in [2.05, 4.69) is 42.2 Å². The predicted octanol–water partition coefficient (Wildman–Crippen LogP) is 8.38. The number of amides is 7. The summed E-state index contributed by atoms with van der Waals surface area (Å²) in [7, 11) is -4.29. The highest BCUT2D eigenvalue weighted by Gasteiger charge is 2.51. The second-order valence-corrected chi connectivity index (χ2v) is 28.6. The summed E-state index contributed by atoms with van der Waals surface area (Å²) >= 11 is 5.89. The van der Waals surface area contributed by atoms with Crippen LogP contribution in [0.3, 0.4) is 0 Å². The number of rotatable bonds is 24. The summed E-state index contributed by atoms with van der Waals surface area (Å²) < 4.78 is 47.9. The lowest BCUT2D eigenvalue weighted by Gasteiger charge is -2.36. The smallest absolute Gasteiger partial charge is 0.391 e. The monoisotopic (exact) mass is 1310 g/mol. The van der Waals surface area contributed by atoms with Crippen molar-refractivity contribution < 1.29 is 66.5 Å². The number of anilines is 1. The molecular formula is C60H76BrF2N8O12PS2. The van der Waals surface area contributed by atoms with Crippen LogP contribution in [0.25, 0.3) is 20.5 Å². The van der Waals surface area contributed by atoms with Crippen molar-refractivity contribution in [2.75, 3.05) is 38.2 Å². The summed E-state index contributed by atoms with van der Waals surface area (Å²) in [6.45, 7) is 12.7. The maximum atomic E-state index is 14.7. The van der Waals surface area contributed by atoms with Crippen LogP contribution in [0.1, 0.15) is 119 Å². The number of likely N-dealkylation sites (tertiary alicyclic amines) is 2. The fraction of sp³-hybridized carbons (Fsp3) is 0.500. The van der Waals surface area contributed by atoms with Crippen LogP contribution in [0.15, 0.2) is 82.8 Å². The third-order valence-electron chi connectivity index (χ3n) is 15.3. The van der Waals surface area contributed by atoms with Crippen LogP contribution < -0.4 is 26.2 Å². The number of fused-ring (bicyclic) bond motifs is 1. The van der Waals surface area contributed by atoms with Crippen molar-refractivity contribution in [1.82, 2.24) is 36.1 Å². The lowest BCUT2D eigenvalue weighted by atomic mass is 9.85. The number of carbonyl (C=O) groups excluding carboxylic acids is 7. The van der Waals surface area contributed by atoms with Gasteiger partial charge in [0.25, 0.3) is 5.91 Å². The number of aryl methyl sites for hydroxylation is 1. The third-order valence-corrected chi connectivity index (χ3v) is 18.9. The summed E-state index contributed by atoms with van der Waals surface area (Å²) in [5.41, 5.74) is -1.87. The number of ether oxygens (including phenoxy) is 1. The van der Waals surface area contributed by atoms with Gasteiger partial charge in [-0.2, -0.15) is 8.78 Å². The molecule has 0 spiro atoms. The van der Waals surface area contributed by atoms with Gasteiger partial charge in [-0.05, 0) is 89.6 Å². The molecule has 0 saturated carbocycles. The van der Waals surface area contributed by atoms with E-state index in [0.29, 0.717) is 36.2 Å². The lowest BCUT2D eigenvalue weighted by molar-refractivity contribution is -0.144. The largest absolute Gasteiger partial charge is 0.399 e. The average Bonchev–Trinajstić information content (AvgIpc) is 1.92. The van der Waals surface area contributed by atoms with E-state index in [1.54, 1.807) is 68.9 Å². The molecule has 0 bridgehead atoms. The highest BCUT2D eigenvalue weighted by molar-refractivity contribution is 9.10. The molecule has 0 aliphatic carbocycles. The Kier molecular flexibility index (Phi) is 22.3. The van der Waals surface area contributed by atoms with Crippen molar-refractivity contribution in [3.8, 4) is 10.4 Å². The number of aliphatic hydroxyl groups excluding tert-OH is 1. The van der Waals surface area contributed by atoms with Gasteiger partial charge in [0.2, 0.25) is 35.4 Å². The van der Waals surface area contributed by atoms with Crippen molar-refractivity contribution in [2.24, 2.45) is 10.8 Å². The fourth-order valence-electron chi connectivity index (χ4n) is 10.4. The van der Waals surface area contributed by atoms with Gasteiger partial charge in [-0.1, -0.05) is 107 Å². The van der Waals surface area contributed by atoms with Gasteiger partial charge >= 0.3 is 13.3 Å². The molecule has 466 valence electrons. The normalized spacial score (nSPS) is 18.2. The number of aromatic nitrogens is 1. The minimum Gasteiger partial charge on any atom is -0.391 e. The molecule has 2 fully saturated rings. The van der Waals surface area contributed by atoms with Gasteiger partial charge in [-0.15, -0.1) is 22.7 Å². The van der Waals surface area contributed by atoms with Crippen molar-refractivity contribution >= 4 is 103 Å². The molecule has 20 nitrogen and oxygen atoms in total. The second kappa shape index (κ2) is 28.4. The van der Waals surface area contributed by atoms with Gasteiger partial charge in [-0.3, -0.25) is 38.1 Å². The fourth-order valence-corrected chi connectivity index (χ4v) is 12.9. The molecule has 0 radical (unpaired) electrons. The number of aliphatic hydroxyl groups is 1. The highest BCUT2D eigenvalue weighted by Crippen LogP contribution is 2.59. The minimum absolute atomic E-state index is 0.0284. The number of thiazole rings is 1. The molecule has 2 saturated heterocycles. The van der Waals surface area contributed by atoms with E-state index in [9.17, 15) is 61.8 Å². The number of alkyl halides is 2. The van der Waals surface area contributed by atoms with E-state index in [1.165, 1.54) is 26.8 Å². The Labute approximate surface area is 515 Å². The summed E-state index contributed by atoms with van der Waals surface area (Å²) in [5, 5.41) is 22.2. The number of nitrogens with zero attached hydrogens (tertiary/aromatic N) is 4. The quantitative estimate of drug-likeness (QED) is 0.0226. The van der Waals surface area contributed by atoms with Gasteiger partial charge in [0.1, 0.15) is 30.8 Å². The first kappa shape index (κ1) is 67.5. The first-order chi connectivity index (χ1) is 40.3. The number of halogens is 3. The molecule has 26 heteroatoms. The summed E-state index contributed by atoms with van der Waals surface area (Å²) in [5.74, 6) is -3.33. The number of hydrogen-bond acceptors (Lipinski definition) is 13. The van der Waals surface area contributed by atoms with Crippen molar-refractivity contribution in [3.63, 3.8) is 0 Å². The standard InChI is InChI=1S/C60H76BrF2N8O12PS2/c1-35-50(85-34-66-35)37-17-15-36(16-18-37)30-65-53(75)44-28-42(72)31-70(44)56(78)51(58(2,3)4)67-48(73)14-12-10-9-11-13-25-64-49(74)33-83-43-29-45(55(77)69(8)41-22-20-40(61)21-23-41)71(32-43)57(79)52(59(5,6)7)68-54(76)47-27-38-26-39(19-24-46(38)86-47)60(62,63)84(80,81)82/h15-24,26-27,34,42-45,51-52,72H,9-14,25,28-33H2,1-8H3,(H,64,74)(H,65,75)(H,67,73)(H,68,76)(H2,80,81,82)/t42-,43-,44+,45+,51-,52-/m1/s1. The van der Waals surface area contributed by atoms with Crippen molar-refractivity contribution in [2.45, 2.75) is 148 Å². The number of carbonyl (C=O) groups is 7. The zero-order valence-electron chi connectivity index (χ0n) is 49.4. The van der Waals surface area contributed by atoms with E-state index >= 15 is 0 Å². The number of benzene rings is 3. The molecule has 7 amide bonds. The molecule has 6 atom stereocenters. The van der Waals surface area contributed by atoms with Crippen LogP contribution in [-0.2, 0) is 50.3 Å². The molecule has 2 aliphatic heterocycles. The van der Waals surface area contributed by atoms with E-state index in [1.807, 2.05) is 52.0 Å². The molecular weight excluding hydrogens is 1240 g/mol. The molecule has 5 aromatic rings. The Morgan fingerprint density at radius 1 is 0.802 bits per heavy atom. The van der Waals surface area contributed by atoms with Crippen LogP contribution in [0.5, 0.6) is 0 Å². The first-order valence-corrected chi connectivity index (χ1v) is 32.5. The van der Waals surface area contributed by atoms with Crippen LogP contribution in [0, 0.1) is 17.8 Å². The van der Waals surface area contributed by atoms with Gasteiger partial charge in [0, 0.05) is 72.9 Å². The van der Waals surface area contributed by atoms with Gasteiger partial charge < -0.3 is 55.6 Å². The van der Waals surface area contributed by atoms with Gasteiger partial charge in [0.05, 0.1) is 33.2 Å². The SMILES string of the molecule is Cc1ncsc1-c1ccc(CNC(=O)[C@@H]2C[C@@H](O)CN2C(=O)[C@@H](NC(=O)CCCCCCCNC(=O)CO[C@@H]2C[C@@H](C(=O)N(C)c3ccc(Br)cc3)N(C(=O)[C@@H](NC(=O)c3cc4cc(C(F)(F)P(=O)(O)O)ccc4s3)C(C)(C)C)C2)C(C)(C)C)cc1. The number of thiophene rings is 1. The maximum Gasteiger partial charge on any atom is 0.399 e. The van der Waals surface area contributed by atoms with E-state index in [4.69, 9.17) is 4.74 Å². The summed E-state index contributed by atoms with van der Waals surface area (Å²) in [6, 6.07) is 14.9. The predicted molar refractivity (Wildman–Crippen MR) is 328 cm³/mol. The zero-order chi connectivity index (χ0) is 63.1. The number of hydrogen-bond donors (Lipinski definition) is 7. The lowest BCUT2D eigenvalue weighted by Crippen LogP contribution is -2.57. The number of likely N-dealkylation sites (N-methyl/N-ethyl adjacent to an activating group) is 1. The van der Waals surface area contributed by atoms with Crippen LogP contribution in [-0.4, -0.2) is 141 Å². The average molecular weight is 1310 g/mol. The van der Waals surface area contributed by atoms with Crippen LogP contribution in [0.4, 0.5) is 14.5 Å². The van der Waals surface area contributed by atoms with E-state index in [0.717, 1.165) is 62.5 Å². The highest BCUT2D eigenvalue weighted by atomic mass is 79.9. The van der Waals surface area contributed by atoms with E-state index in [-0.39, 0.29) is 61.7 Å². The van der Waals surface area contributed by atoms with Crippen LogP contribution >= 0.6 is 46.2 Å². The Morgan fingerprint density at radius 2 is 1.43 bits per heavy atom. The zero-order valence-corrected chi connectivity index (χ0v) is 53.5. The van der Waals surface area contributed by atoms with E-state index < -0.39 is 101 Å². The second-order valence-electron chi connectivity index (χ2n) is 24.1. The molecule has 2 aliphatic rings. The first-order valence-electron chi connectivity index (χ1n) is 28.4. The molecule has 86 heavy (non-hydrogen) atoms. The third kappa shape index (κ3) is 17.0. The Bertz CT molecular complexity index is 3310. The number of unbranched alkanes of at least 4 members (excludes halogenated alkanes) is 4. The maximum absolute atomic E-state index is 14.7. The van der Waals surface area contributed by atoms with Crippen LogP contribution in [0.2, 0.25) is 0 Å². The van der Waals surface area contributed by atoms with Gasteiger partial charge in [0.15, 0.2) is 0 Å².